The van der Waals surface area contributed by atoms with E-state index in [1.807, 2.05) is 12.1 Å². The van der Waals surface area contributed by atoms with Crippen LogP contribution in [0.4, 0.5) is 5.69 Å². The third kappa shape index (κ3) is 3.06. The molecular formula is C13H17Cl2NO. The van der Waals surface area contributed by atoms with Gasteiger partial charge in [0, 0.05) is 42.7 Å². The van der Waals surface area contributed by atoms with Gasteiger partial charge in [0.1, 0.15) is 0 Å². The van der Waals surface area contributed by atoms with Crippen molar-refractivity contribution in [3.8, 4) is 0 Å². The van der Waals surface area contributed by atoms with Gasteiger partial charge in [-0.3, -0.25) is 0 Å². The molecule has 94 valence electrons. The average molecular weight is 274 g/mol. The van der Waals surface area contributed by atoms with Gasteiger partial charge >= 0.3 is 0 Å². The third-order valence-electron chi connectivity index (χ3n) is 3.21. The van der Waals surface area contributed by atoms with Gasteiger partial charge < -0.3 is 9.64 Å². The topological polar surface area (TPSA) is 12.5 Å². The molecule has 0 aliphatic carbocycles. The predicted octanol–water partition coefficient (Wildman–Crippen LogP) is 3.55. The molecule has 1 unspecified atom stereocenters. The Morgan fingerprint density at radius 1 is 1.47 bits per heavy atom. The number of alkyl halides is 1. The summed E-state index contributed by atoms with van der Waals surface area (Å²) in [5, 5.41) is 0.747. The molecular weight excluding hydrogens is 257 g/mol. The summed E-state index contributed by atoms with van der Waals surface area (Å²) >= 11 is 12.0. The maximum Gasteiger partial charge on any atom is 0.0508 e. The molecule has 0 aromatic heterocycles. The number of hydrogen-bond donors (Lipinski definition) is 0. The van der Waals surface area contributed by atoms with Crippen LogP contribution in [0.15, 0.2) is 18.2 Å². The van der Waals surface area contributed by atoms with E-state index in [4.69, 9.17) is 27.9 Å². The van der Waals surface area contributed by atoms with Crippen LogP contribution in [0.3, 0.4) is 0 Å². The first-order chi connectivity index (χ1) is 8.24. The lowest BCUT2D eigenvalue weighted by molar-refractivity contribution is 0.161. The zero-order valence-corrected chi connectivity index (χ0v) is 11.5. The monoisotopic (exact) mass is 273 g/mol. The molecule has 0 radical (unpaired) electrons. The first kappa shape index (κ1) is 13.0. The highest BCUT2D eigenvalue weighted by Crippen LogP contribution is 2.30. The standard InChI is InChI=1S/C13H17Cl2NO/c1-17-9-10-4-5-16(8-10)13-3-2-12(15)6-11(13)7-14/h2-3,6,10H,4-5,7-9H2,1H3. The van der Waals surface area contributed by atoms with Crippen molar-refractivity contribution in [2.24, 2.45) is 5.92 Å². The summed E-state index contributed by atoms with van der Waals surface area (Å²) in [6.07, 6.45) is 1.18. The van der Waals surface area contributed by atoms with Crippen LogP contribution in [-0.2, 0) is 10.6 Å². The van der Waals surface area contributed by atoms with Crippen LogP contribution in [-0.4, -0.2) is 26.8 Å². The van der Waals surface area contributed by atoms with Crippen LogP contribution >= 0.6 is 23.2 Å². The lowest BCUT2D eigenvalue weighted by Gasteiger charge is -2.21. The van der Waals surface area contributed by atoms with Crippen molar-refractivity contribution < 1.29 is 4.74 Å². The van der Waals surface area contributed by atoms with Gasteiger partial charge in [0.05, 0.1) is 6.61 Å². The number of anilines is 1. The quantitative estimate of drug-likeness (QED) is 0.778. The van der Waals surface area contributed by atoms with Crippen LogP contribution in [0.25, 0.3) is 0 Å². The molecule has 0 spiro atoms. The van der Waals surface area contributed by atoms with Crippen molar-refractivity contribution in [1.29, 1.82) is 0 Å². The average Bonchev–Trinajstić information content (AvgIpc) is 2.78. The molecule has 1 aliphatic rings. The zero-order chi connectivity index (χ0) is 12.3. The van der Waals surface area contributed by atoms with E-state index in [1.165, 1.54) is 12.1 Å². The fourth-order valence-corrected chi connectivity index (χ4v) is 2.80. The molecule has 0 bridgehead atoms. The third-order valence-corrected chi connectivity index (χ3v) is 3.74. The van der Waals surface area contributed by atoms with Crippen LogP contribution < -0.4 is 4.90 Å². The maximum absolute atomic E-state index is 5.98. The Hall–Kier alpha value is -0.440. The Balaban J connectivity index is 2.12. The summed E-state index contributed by atoms with van der Waals surface area (Å²) in [6, 6.07) is 5.94. The van der Waals surface area contributed by atoms with Gasteiger partial charge in [0.2, 0.25) is 0 Å². The summed E-state index contributed by atoms with van der Waals surface area (Å²) < 4.78 is 5.21. The van der Waals surface area contributed by atoms with Crippen LogP contribution in [0.2, 0.25) is 5.02 Å². The van der Waals surface area contributed by atoms with Crippen molar-refractivity contribution in [2.75, 3.05) is 31.7 Å². The smallest absolute Gasteiger partial charge is 0.0508 e. The highest BCUT2D eigenvalue weighted by Gasteiger charge is 2.23. The van der Waals surface area contributed by atoms with E-state index in [-0.39, 0.29) is 0 Å². The first-order valence-electron chi connectivity index (χ1n) is 5.83. The van der Waals surface area contributed by atoms with Crippen molar-refractivity contribution in [2.45, 2.75) is 12.3 Å². The van der Waals surface area contributed by atoms with Crippen molar-refractivity contribution >= 4 is 28.9 Å². The Kier molecular flexibility index (Phi) is 4.55. The molecule has 4 heteroatoms. The Morgan fingerprint density at radius 3 is 3.00 bits per heavy atom. The molecule has 1 fully saturated rings. The summed E-state index contributed by atoms with van der Waals surface area (Å²) in [7, 11) is 1.76. The summed E-state index contributed by atoms with van der Waals surface area (Å²) in [5.74, 6) is 1.13. The molecule has 0 amide bonds. The molecule has 1 saturated heterocycles. The summed E-state index contributed by atoms with van der Waals surface area (Å²) in [4.78, 5) is 2.37. The van der Waals surface area contributed by atoms with Crippen LogP contribution in [0, 0.1) is 5.92 Å². The van der Waals surface area contributed by atoms with Crippen LogP contribution in [0.1, 0.15) is 12.0 Å². The Bertz CT molecular complexity index is 384. The fraction of sp³-hybridized carbons (Fsp3) is 0.538. The molecule has 1 aromatic carbocycles. The minimum atomic E-state index is 0.501. The zero-order valence-electron chi connectivity index (χ0n) is 9.96. The van der Waals surface area contributed by atoms with E-state index < -0.39 is 0 Å². The Labute approximate surface area is 112 Å². The van der Waals surface area contributed by atoms with E-state index in [9.17, 15) is 0 Å². The molecule has 0 saturated carbocycles. The number of hydrogen-bond acceptors (Lipinski definition) is 2. The molecule has 0 N–H and O–H groups in total. The van der Waals surface area contributed by atoms with Gasteiger partial charge in [0.25, 0.3) is 0 Å². The molecule has 1 heterocycles. The Morgan fingerprint density at radius 2 is 2.29 bits per heavy atom. The molecule has 17 heavy (non-hydrogen) atoms. The van der Waals surface area contributed by atoms with Crippen molar-refractivity contribution in [1.82, 2.24) is 0 Å². The minimum Gasteiger partial charge on any atom is -0.384 e. The van der Waals surface area contributed by atoms with Gasteiger partial charge in [-0.15, -0.1) is 11.6 Å². The van der Waals surface area contributed by atoms with Gasteiger partial charge in [0.15, 0.2) is 0 Å². The number of halogens is 2. The molecule has 1 atom stereocenters. The van der Waals surface area contributed by atoms with Gasteiger partial charge in [-0.2, -0.15) is 0 Å². The number of nitrogens with zero attached hydrogens (tertiary/aromatic N) is 1. The largest absolute Gasteiger partial charge is 0.384 e. The lowest BCUT2D eigenvalue weighted by Crippen LogP contribution is -2.22. The van der Waals surface area contributed by atoms with Crippen LogP contribution in [0.5, 0.6) is 0 Å². The fourth-order valence-electron chi connectivity index (χ4n) is 2.39. The number of methoxy groups -OCH3 is 1. The molecule has 2 nitrogen and oxygen atoms in total. The number of rotatable bonds is 4. The molecule has 1 aromatic rings. The predicted molar refractivity (Wildman–Crippen MR) is 73.2 cm³/mol. The normalized spacial score (nSPS) is 19.9. The van der Waals surface area contributed by atoms with Crippen molar-refractivity contribution in [3.05, 3.63) is 28.8 Å². The second kappa shape index (κ2) is 5.94. The number of benzene rings is 1. The first-order valence-corrected chi connectivity index (χ1v) is 6.74. The SMILES string of the molecule is COCC1CCN(c2ccc(Cl)cc2CCl)C1. The summed E-state index contributed by atoms with van der Waals surface area (Å²) in [5.41, 5.74) is 2.32. The van der Waals surface area contributed by atoms with E-state index in [0.29, 0.717) is 11.8 Å². The second-order valence-electron chi connectivity index (χ2n) is 4.46. The van der Waals surface area contributed by atoms with E-state index in [0.717, 1.165) is 30.3 Å². The lowest BCUT2D eigenvalue weighted by atomic mass is 10.1. The van der Waals surface area contributed by atoms with Gasteiger partial charge in [-0.25, -0.2) is 0 Å². The van der Waals surface area contributed by atoms with E-state index in [1.54, 1.807) is 7.11 Å². The van der Waals surface area contributed by atoms with Gasteiger partial charge in [-0.05, 0) is 30.2 Å². The maximum atomic E-state index is 5.98. The highest BCUT2D eigenvalue weighted by atomic mass is 35.5. The van der Waals surface area contributed by atoms with Gasteiger partial charge in [-0.1, -0.05) is 11.6 Å². The summed E-state index contributed by atoms with van der Waals surface area (Å²) in [6.45, 7) is 2.94. The van der Waals surface area contributed by atoms with E-state index in [2.05, 4.69) is 11.0 Å². The number of ether oxygens (including phenoxy) is 1. The molecule has 2 rings (SSSR count). The van der Waals surface area contributed by atoms with E-state index >= 15 is 0 Å². The minimum absolute atomic E-state index is 0.501. The molecule has 1 aliphatic heterocycles. The van der Waals surface area contributed by atoms with Crippen molar-refractivity contribution in [3.63, 3.8) is 0 Å². The highest BCUT2D eigenvalue weighted by molar-refractivity contribution is 6.30. The second-order valence-corrected chi connectivity index (χ2v) is 5.17.